The van der Waals surface area contributed by atoms with Crippen molar-refractivity contribution in [3.8, 4) is 0 Å². The molecule has 1 aromatic carbocycles. The lowest BCUT2D eigenvalue weighted by atomic mass is 10.0. The standard InChI is InChI=1S/C46H69N15O12S2/c1-23(2)13-30(55-37(64)27(47)20-74)39(66)57-32(15-25-17-50-22-53-25)41(68)54-29(9-5-11-51-46(48)49)38(65)59-34(19-63)44(71)61-12-6-10-36(61)43(70)58-33(18-62)42(69)56-31(40(67)60-35(21-75)45(72)73)14-24-16-52-28-8-4-3-7-26(24)28/h3-4,7-8,16-17,22-23,27,29-36,52,62-63,74-75H,5-6,9-15,18-21,47H2,1-2H3,(H,50,53)(H,54,68)(H,55,64)(H,56,69)(H,57,66)(H,58,70)(H,59,65)(H,60,67)(H,72,73)(H4,48,49,51)/t27-,29-,30-,31-,32-,33-,34-,35-,36-/m0/s1. The third-order valence-corrected chi connectivity index (χ3v) is 12.8. The van der Waals surface area contributed by atoms with Crippen molar-refractivity contribution in [1.82, 2.24) is 57.1 Å². The number of nitrogens with one attached hydrogen (secondary N) is 9. The average Bonchev–Trinajstić information content (AvgIpc) is 4.18. The van der Waals surface area contributed by atoms with E-state index < -0.39 is 121 Å². The van der Waals surface area contributed by atoms with E-state index in [2.05, 4.69) is 82.4 Å². The number of likely N-dealkylation sites (tertiary alicyclic amines) is 1. The topological polar surface area (TPSA) is 437 Å². The number of fused-ring (bicyclic) bond motifs is 1. The van der Waals surface area contributed by atoms with Gasteiger partial charge in [-0.3, -0.25) is 43.3 Å². The highest BCUT2D eigenvalue weighted by atomic mass is 32.1. The summed E-state index contributed by atoms with van der Waals surface area (Å²) in [7, 11) is 0. The van der Waals surface area contributed by atoms with E-state index in [4.69, 9.17) is 17.2 Å². The number of para-hydroxylation sites is 1. The van der Waals surface area contributed by atoms with E-state index >= 15 is 0 Å². The number of thiol groups is 2. The largest absolute Gasteiger partial charge is 0.480 e. The maximum Gasteiger partial charge on any atom is 0.327 e. The lowest BCUT2D eigenvalue weighted by Gasteiger charge is -2.30. The number of imidazole rings is 1. The van der Waals surface area contributed by atoms with Gasteiger partial charge in [-0.2, -0.15) is 25.3 Å². The zero-order valence-corrected chi connectivity index (χ0v) is 43.3. The summed E-state index contributed by atoms with van der Waals surface area (Å²) in [6, 6.07) is -5.29. The van der Waals surface area contributed by atoms with Crippen molar-refractivity contribution >= 4 is 95.3 Å². The van der Waals surface area contributed by atoms with Gasteiger partial charge in [0, 0.05) is 66.4 Å². The second kappa shape index (κ2) is 29.8. The molecule has 1 fully saturated rings. The number of amides is 8. The number of carbonyl (C=O) groups excluding carboxylic acids is 8. The fourth-order valence-electron chi connectivity index (χ4n) is 8.09. The number of aromatic amines is 2. The number of nitrogens with two attached hydrogens (primary N) is 3. The van der Waals surface area contributed by atoms with Gasteiger partial charge in [0.25, 0.3) is 0 Å². The van der Waals surface area contributed by atoms with Crippen LogP contribution in [0.1, 0.15) is 57.2 Å². The van der Waals surface area contributed by atoms with Gasteiger partial charge < -0.3 is 84.6 Å². The summed E-state index contributed by atoms with van der Waals surface area (Å²) in [4.78, 5) is 137. The number of carboxylic acid groups (broad SMARTS) is 1. The van der Waals surface area contributed by atoms with Gasteiger partial charge in [0.15, 0.2) is 5.96 Å². The maximum atomic E-state index is 14.2. The molecule has 29 heteroatoms. The zero-order chi connectivity index (χ0) is 55.4. The number of aliphatic hydroxyl groups is 2. The van der Waals surface area contributed by atoms with Crippen LogP contribution in [-0.2, 0) is 56.0 Å². The third kappa shape index (κ3) is 18.1. The predicted octanol–water partition coefficient (Wildman–Crippen LogP) is -4.58. The molecule has 4 rings (SSSR count). The Morgan fingerprint density at radius 1 is 0.760 bits per heavy atom. The van der Waals surface area contributed by atoms with Gasteiger partial charge >= 0.3 is 5.97 Å². The number of H-pyrrole nitrogens is 2. The quantitative estimate of drug-likeness (QED) is 0.0129. The molecule has 0 saturated carbocycles. The van der Waals surface area contributed by atoms with Crippen LogP contribution in [0.2, 0.25) is 0 Å². The fraction of sp³-hybridized carbons (Fsp3) is 0.543. The summed E-state index contributed by atoms with van der Waals surface area (Å²) < 4.78 is 0. The first-order valence-corrected chi connectivity index (χ1v) is 25.4. The van der Waals surface area contributed by atoms with Crippen molar-refractivity contribution < 1.29 is 58.5 Å². The fourth-order valence-corrected chi connectivity index (χ4v) is 8.50. The minimum Gasteiger partial charge on any atom is -0.480 e. The number of hydrogen-bond acceptors (Lipinski definition) is 16. The molecule has 0 radical (unpaired) electrons. The van der Waals surface area contributed by atoms with Crippen molar-refractivity contribution in [3.63, 3.8) is 0 Å². The van der Waals surface area contributed by atoms with Crippen LogP contribution in [0.15, 0.2) is 48.0 Å². The Bertz CT molecular complexity index is 2470. The Hall–Kier alpha value is -6.95. The van der Waals surface area contributed by atoms with Gasteiger partial charge in [-0.25, -0.2) is 9.78 Å². The minimum absolute atomic E-state index is 0.00180. The molecule has 0 spiro atoms. The van der Waals surface area contributed by atoms with E-state index in [1.54, 1.807) is 30.5 Å². The van der Waals surface area contributed by atoms with Crippen molar-refractivity contribution in [2.45, 2.75) is 113 Å². The smallest absolute Gasteiger partial charge is 0.327 e. The maximum absolute atomic E-state index is 14.2. The van der Waals surface area contributed by atoms with E-state index in [0.29, 0.717) is 16.6 Å². The van der Waals surface area contributed by atoms with E-state index in [9.17, 15) is 58.5 Å². The molecular formula is C46H69N15O12S2. The third-order valence-electron chi connectivity index (χ3n) is 12.0. The number of aliphatic hydroxyl groups excluding tert-OH is 2. The van der Waals surface area contributed by atoms with Crippen LogP contribution < -0.4 is 54.4 Å². The van der Waals surface area contributed by atoms with Crippen LogP contribution in [0.25, 0.3) is 10.9 Å². The first kappa shape index (κ1) is 60.6. The van der Waals surface area contributed by atoms with Gasteiger partial charge in [-0.1, -0.05) is 32.0 Å². The summed E-state index contributed by atoms with van der Waals surface area (Å²) in [6.45, 7) is 1.69. The van der Waals surface area contributed by atoms with Crippen LogP contribution in [-0.4, -0.2) is 187 Å². The van der Waals surface area contributed by atoms with Crippen LogP contribution in [0.5, 0.6) is 0 Å². The van der Waals surface area contributed by atoms with Crippen molar-refractivity contribution in [1.29, 1.82) is 0 Å². The molecule has 3 aromatic rings. The first-order chi connectivity index (χ1) is 35.7. The second-order valence-electron chi connectivity index (χ2n) is 18.2. The molecule has 27 nitrogen and oxygen atoms in total. The molecule has 8 amide bonds. The van der Waals surface area contributed by atoms with E-state index in [-0.39, 0.29) is 81.4 Å². The van der Waals surface area contributed by atoms with Crippen molar-refractivity contribution in [3.05, 3.63) is 54.2 Å². The van der Waals surface area contributed by atoms with Crippen LogP contribution in [0, 0.1) is 5.92 Å². The molecule has 9 atom stereocenters. The molecule has 0 bridgehead atoms. The Kier molecular flexibility index (Phi) is 24.1. The number of nitrogens with zero attached hydrogens (tertiary/aromatic N) is 3. The number of guanidine groups is 1. The Morgan fingerprint density at radius 3 is 1.95 bits per heavy atom. The zero-order valence-electron chi connectivity index (χ0n) is 41.5. The molecular weight excluding hydrogens is 1020 g/mol. The summed E-state index contributed by atoms with van der Waals surface area (Å²) in [5, 5.41) is 48.7. The second-order valence-corrected chi connectivity index (χ2v) is 18.9. The Labute approximate surface area is 442 Å². The van der Waals surface area contributed by atoms with E-state index in [0.717, 1.165) is 10.4 Å². The van der Waals surface area contributed by atoms with Crippen LogP contribution in [0.4, 0.5) is 0 Å². The van der Waals surface area contributed by atoms with Gasteiger partial charge in [0.1, 0.15) is 48.3 Å². The highest BCUT2D eigenvalue weighted by molar-refractivity contribution is 7.80. The van der Waals surface area contributed by atoms with E-state index in [1.165, 1.54) is 12.5 Å². The molecule has 0 aliphatic carbocycles. The van der Waals surface area contributed by atoms with Gasteiger partial charge in [0.2, 0.25) is 47.3 Å². The molecule has 75 heavy (non-hydrogen) atoms. The van der Waals surface area contributed by atoms with E-state index in [1.807, 2.05) is 13.8 Å². The summed E-state index contributed by atoms with van der Waals surface area (Å²) in [5.41, 5.74) is 18.6. The monoisotopic (exact) mass is 1090 g/mol. The average molecular weight is 1090 g/mol. The number of aromatic nitrogens is 3. The Balaban J connectivity index is 1.51. The normalized spacial score (nSPS) is 16.5. The first-order valence-electron chi connectivity index (χ1n) is 24.1. The predicted molar refractivity (Wildman–Crippen MR) is 279 cm³/mol. The van der Waals surface area contributed by atoms with Gasteiger partial charge in [0.05, 0.1) is 25.6 Å². The number of rotatable bonds is 30. The summed E-state index contributed by atoms with van der Waals surface area (Å²) in [5.74, 6) is -8.88. The number of benzene rings is 1. The minimum atomic E-state index is -1.68. The summed E-state index contributed by atoms with van der Waals surface area (Å²) in [6.07, 6.45) is 4.58. The molecule has 1 aliphatic rings. The highest BCUT2D eigenvalue weighted by Crippen LogP contribution is 2.21. The number of carbonyl (C=O) groups is 9. The number of hydrogen-bond donors (Lipinski definition) is 17. The number of aliphatic carboxylic acids is 1. The Morgan fingerprint density at radius 2 is 1.35 bits per heavy atom. The molecule has 1 aliphatic heterocycles. The lowest BCUT2D eigenvalue weighted by molar-refractivity contribution is -0.143. The number of carboxylic acids is 1. The van der Waals surface area contributed by atoms with Gasteiger partial charge in [-0.05, 0) is 49.7 Å². The lowest BCUT2D eigenvalue weighted by Crippen LogP contribution is -2.61. The molecule has 412 valence electrons. The number of aliphatic imine (C=N–C) groups is 1. The van der Waals surface area contributed by atoms with Crippen molar-refractivity contribution in [2.24, 2.45) is 28.1 Å². The molecule has 3 heterocycles. The molecule has 1 saturated heterocycles. The van der Waals surface area contributed by atoms with Gasteiger partial charge in [-0.15, -0.1) is 0 Å². The molecule has 18 N–H and O–H groups in total. The SMILES string of the molecule is CC(C)C[C@H](NC(=O)[C@@H](N)CS)C(=O)N[C@@H](Cc1cnc[nH]1)C(=O)N[C@@H](CCCN=C(N)N)C(=O)N[C@@H](CO)C(=O)N1CCC[C@H]1C(=O)N[C@@H](CO)C(=O)N[C@@H](Cc1c[nH]c2ccccc12)C(=O)N[C@@H](CS)C(=O)O. The highest BCUT2D eigenvalue weighted by Gasteiger charge is 2.40. The molecule has 0 unspecified atom stereocenters. The van der Waals surface area contributed by atoms with Crippen LogP contribution in [0.3, 0.4) is 0 Å². The van der Waals surface area contributed by atoms with Crippen molar-refractivity contribution in [2.75, 3.05) is 37.8 Å². The molecule has 2 aromatic heterocycles. The summed E-state index contributed by atoms with van der Waals surface area (Å²) >= 11 is 8.06. The van der Waals surface area contributed by atoms with Crippen LogP contribution >= 0.6 is 25.3 Å².